The van der Waals surface area contributed by atoms with Gasteiger partial charge < -0.3 is 14.5 Å². The van der Waals surface area contributed by atoms with Gasteiger partial charge in [0, 0.05) is 17.3 Å². The molecule has 1 N–H and O–H groups in total. The molecule has 0 aliphatic heterocycles. The number of amides is 1. The average Bonchev–Trinajstić information content (AvgIpc) is 3.16. The Morgan fingerprint density at radius 2 is 2.04 bits per heavy atom. The molecule has 7 heteroatoms. The van der Waals surface area contributed by atoms with Gasteiger partial charge in [-0.3, -0.25) is 9.69 Å². The largest absolute Gasteiger partial charge is 0.497 e. The maximum absolute atomic E-state index is 13.0. The van der Waals surface area contributed by atoms with Gasteiger partial charge in [0.15, 0.2) is 5.76 Å². The lowest BCUT2D eigenvalue weighted by atomic mass is 10.2. The molecule has 0 atom stereocenters. The lowest BCUT2D eigenvalue weighted by Crippen LogP contribution is -2.32. The van der Waals surface area contributed by atoms with Crippen LogP contribution in [0.3, 0.4) is 0 Å². The summed E-state index contributed by atoms with van der Waals surface area (Å²) in [6.07, 6.45) is 1.60. The van der Waals surface area contributed by atoms with Gasteiger partial charge in [0.05, 0.1) is 26.4 Å². The van der Waals surface area contributed by atoms with Crippen LogP contribution in [0.4, 0.5) is 10.1 Å². The Bertz CT molecular complexity index is 925. The summed E-state index contributed by atoms with van der Waals surface area (Å²) in [5.74, 6) is 1.30. The minimum Gasteiger partial charge on any atom is -0.497 e. The van der Waals surface area contributed by atoms with Crippen molar-refractivity contribution in [3.63, 3.8) is 0 Å². The molecule has 0 aliphatic carbocycles. The van der Waals surface area contributed by atoms with E-state index in [1.165, 1.54) is 12.1 Å². The van der Waals surface area contributed by atoms with Crippen LogP contribution in [-0.2, 0) is 11.3 Å². The Hall–Kier alpha value is -3.19. The third kappa shape index (κ3) is 5.17. The summed E-state index contributed by atoms with van der Waals surface area (Å²) in [5, 5.41) is 2.86. The van der Waals surface area contributed by atoms with Crippen LogP contribution in [-0.4, -0.2) is 36.0 Å². The van der Waals surface area contributed by atoms with E-state index in [1.807, 2.05) is 24.0 Å². The first-order valence-electron chi connectivity index (χ1n) is 8.94. The van der Waals surface area contributed by atoms with Gasteiger partial charge in [-0.05, 0) is 42.9 Å². The van der Waals surface area contributed by atoms with Gasteiger partial charge in [-0.2, -0.15) is 0 Å². The number of carbonyl (C=O) groups excluding carboxylic acids is 1. The first-order chi connectivity index (χ1) is 13.6. The van der Waals surface area contributed by atoms with Crippen LogP contribution in [0.5, 0.6) is 5.75 Å². The molecule has 0 spiro atoms. The number of hydrogen-bond donors (Lipinski definition) is 1. The molecular formula is C21H22FN3O3. The number of nitrogens with one attached hydrogen (secondary N) is 1. The average molecular weight is 383 g/mol. The Kier molecular flexibility index (Phi) is 6.39. The van der Waals surface area contributed by atoms with Crippen LogP contribution < -0.4 is 10.1 Å². The van der Waals surface area contributed by atoms with Gasteiger partial charge in [0.25, 0.3) is 0 Å². The van der Waals surface area contributed by atoms with Crippen molar-refractivity contribution in [3.8, 4) is 17.1 Å². The molecule has 0 bridgehead atoms. The highest BCUT2D eigenvalue weighted by atomic mass is 19.1. The Morgan fingerprint density at radius 1 is 1.25 bits per heavy atom. The van der Waals surface area contributed by atoms with Crippen LogP contribution in [0.15, 0.2) is 59.1 Å². The molecule has 1 heterocycles. The second-order valence-electron chi connectivity index (χ2n) is 6.21. The number of aromatic nitrogens is 1. The lowest BCUT2D eigenvalue weighted by molar-refractivity contribution is -0.117. The molecule has 0 radical (unpaired) electrons. The summed E-state index contributed by atoms with van der Waals surface area (Å²) in [5.41, 5.74) is 1.43. The lowest BCUT2D eigenvalue weighted by Gasteiger charge is -2.18. The quantitative estimate of drug-likeness (QED) is 0.638. The number of rotatable bonds is 8. The monoisotopic (exact) mass is 383 g/mol. The highest BCUT2D eigenvalue weighted by molar-refractivity contribution is 5.92. The third-order valence-corrected chi connectivity index (χ3v) is 4.21. The Labute approximate surface area is 162 Å². The number of nitrogens with zero attached hydrogens (tertiary/aromatic N) is 2. The predicted octanol–water partition coefficient (Wildman–Crippen LogP) is 3.95. The van der Waals surface area contributed by atoms with Crippen molar-refractivity contribution in [1.29, 1.82) is 0 Å². The molecule has 3 aromatic rings. The second kappa shape index (κ2) is 9.14. The molecule has 2 aromatic carbocycles. The summed E-state index contributed by atoms with van der Waals surface area (Å²) >= 11 is 0. The van der Waals surface area contributed by atoms with Crippen molar-refractivity contribution in [1.82, 2.24) is 9.88 Å². The minimum atomic E-state index is -0.303. The van der Waals surface area contributed by atoms with Crippen LogP contribution in [0.1, 0.15) is 12.8 Å². The van der Waals surface area contributed by atoms with E-state index >= 15 is 0 Å². The Balaban J connectivity index is 1.59. The number of ether oxygens (including phenoxy) is 1. The van der Waals surface area contributed by atoms with Gasteiger partial charge in [-0.25, -0.2) is 9.37 Å². The number of anilines is 1. The van der Waals surface area contributed by atoms with E-state index in [0.29, 0.717) is 36.2 Å². The zero-order valence-electron chi connectivity index (χ0n) is 15.8. The molecule has 6 nitrogen and oxygen atoms in total. The summed E-state index contributed by atoms with van der Waals surface area (Å²) in [7, 11) is 1.58. The highest BCUT2D eigenvalue weighted by Gasteiger charge is 2.14. The van der Waals surface area contributed by atoms with Crippen molar-refractivity contribution in [2.75, 3.05) is 25.5 Å². The van der Waals surface area contributed by atoms with Gasteiger partial charge in [0.1, 0.15) is 11.6 Å². The van der Waals surface area contributed by atoms with E-state index in [1.54, 1.807) is 37.6 Å². The van der Waals surface area contributed by atoms with Crippen LogP contribution in [0.25, 0.3) is 11.3 Å². The maximum Gasteiger partial charge on any atom is 0.238 e. The molecule has 28 heavy (non-hydrogen) atoms. The number of hydrogen-bond acceptors (Lipinski definition) is 5. The van der Waals surface area contributed by atoms with Crippen molar-refractivity contribution in [2.45, 2.75) is 13.5 Å². The predicted molar refractivity (Wildman–Crippen MR) is 104 cm³/mol. The fourth-order valence-corrected chi connectivity index (χ4v) is 2.71. The fraction of sp³-hybridized carbons (Fsp3) is 0.238. The Morgan fingerprint density at radius 3 is 2.75 bits per heavy atom. The smallest absolute Gasteiger partial charge is 0.238 e. The molecule has 1 aromatic heterocycles. The van der Waals surface area contributed by atoms with E-state index in [4.69, 9.17) is 9.15 Å². The number of methoxy groups -OCH3 is 1. The standard InChI is InChI=1S/C21H22FN3O3/c1-3-25(13-20(26)24-17-5-4-6-18(11-17)27-2)14-21-23-12-19(28-21)15-7-9-16(22)10-8-15/h4-12H,3,13-14H2,1-2H3,(H,24,26). The zero-order valence-corrected chi connectivity index (χ0v) is 15.8. The molecule has 146 valence electrons. The zero-order chi connectivity index (χ0) is 19.9. The number of carbonyl (C=O) groups is 1. The van der Waals surface area contributed by atoms with Gasteiger partial charge in [0.2, 0.25) is 11.8 Å². The molecule has 0 unspecified atom stereocenters. The molecular weight excluding hydrogens is 361 g/mol. The van der Waals surface area contributed by atoms with Gasteiger partial charge >= 0.3 is 0 Å². The minimum absolute atomic E-state index is 0.139. The van der Waals surface area contributed by atoms with Gasteiger partial charge in [-0.15, -0.1) is 0 Å². The van der Waals surface area contributed by atoms with E-state index in [0.717, 1.165) is 5.56 Å². The van der Waals surface area contributed by atoms with E-state index in [-0.39, 0.29) is 18.3 Å². The van der Waals surface area contributed by atoms with Crippen LogP contribution in [0.2, 0.25) is 0 Å². The van der Waals surface area contributed by atoms with Crippen LogP contribution in [0, 0.1) is 5.82 Å². The summed E-state index contributed by atoms with van der Waals surface area (Å²) in [6.45, 7) is 3.20. The molecule has 1 amide bonds. The third-order valence-electron chi connectivity index (χ3n) is 4.21. The number of benzene rings is 2. The summed E-state index contributed by atoms with van der Waals surface area (Å²) in [6, 6.07) is 13.2. The number of oxazole rings is 1. The maximum atomic E-state index is 13.0. The van der Waals surface area contributed by atoms with Crippen molar-refractivity contribution in [2.24, 2.45) is 0 Å². The normalized spacial score (nSPS) is 10.9. The number of likely N-dealkylation sites (N-methyl/N-ethyl adjacent to an activating group) is 1. The van der Waals surface area contributed by atoms with Gasteiger partial charge in [-0.1, -0.05) is 13.0 Å². The molecule has 0 saturated heterocycles. The molecule has 0 fully saturated rings. The topological polar surface area (TPSA) is 67.6 Å². The summed E-state index contributed by atoms with van der Waals surface area (Å²) in [4.78, 5) is 18.5. The highest BCUT2D eigenvalue weighted by Crippen LogP contribution is 2.21. The molecule has 0 saturated carbocycles. The first-order valence-corrected chi connectivity index (χ1v) is 8.94. The fourth-order valence-electron chi connectivity index (χ4n) is 2.71. The van der Waals surface area contributed by atoms with E-state index in [9.17, 15) is 9.18 Å². The first kappa shape index (κ1) is 19.6. The van der Waals surface area contributed by atoms with Crippen molar-refractivity contribution in [3.05, 3.63) is 66.4 Å². The van der Waals surface area contributed by atoms with E-state index in [2.05, 4.69) is 10.3 Å². The van der Waals surface area contributed by atoms with Crippen molar-refractivity contribution < 1.29 is 18.3 Å². The molecule has 3 rings (SSSR count). The van der Waals surface area contributed by atoms with E-state index < -0.39 is 0 Å². The molecule has 0 aliphatic rings. The summed E-state index contributed by atoms with van der Waals surface area (Å²) < 4.78 is 24.0. The SMILES string of the molecule is CCN(CC(=O)Nc1cccc(OC)c1)Cc1ncc(-c2ccc(F)cc2)o1. The second-order valence-corrected chi connectivity index (χ2v) is 6.21. The van der Waals surface area contributed by atoms with Crippen LogP contribution >= 0.6 is 0 Å². The number of halogens is 1. The van der Waals surface area contributed by atoms with Crippen molar-refractivity contribution >= 4 is 11.6 Å².